The van der Waals surface area contributed by atoms with Gasteiger partial charge in [-0.25, -0.2) is 19.3 Å². The largest absolute Gasteiger partial charge is 0.439 e. The van der Waals surface area contributed by atoms with Gasteiger partial charge in [0.05, 0.1) is 17.8 Å². The zero-order valence-corrected chi connectivity index (χ0v) is 16.8. The molecule has 30 heavy (non-hydrogen) atoms. The summed E-state index contributed by atoms with van der Waals surface area (Å²) in [5.41, 5.74) is 1.42. The zero-order valence-electron chi connectivity index (χ0n) is 16.8. The molecule has 3 aromatic heterocycles. The van der Waals surface area contributed by atoms with Crippen molar-refractivity contribution in [3.63, 3.8) is 0 Å². The van der Waals surface area contributed by atoms with Crippen molar-refractivity contribution in [1.29, 1.82) is 0 Å². The van der Waals surface area contributed by atoms with Crippen molar-refractivity contribution in [2.24, 2.45) is 5.92 Å². The van der Waals surface area contributed by atoms with E-state index >= 15 is 0 Å². The molecule has 2 atom stereocenters. The van der Waals surface area contributed by atoms with Gasteiger partial charge in [0, 0.05) is 43.1 Å². The van der Waals surface area contributed by atoms with Gasteiger partial charge in [-0.2, -0.15) is 0 Å². The minimum absolute atomic E-state index is 0.00449. The number of nitrogens with zero attached hydrogens (tertiary/aromatic N) is 4. The Morgan fingerprint density at radius 2 is 2.07 bits per heavy atom. The Morgan fingerprint density at radius 3 is 2.77 bits per heavy atom. The second-order valence-corrected chi connectivity index (χ2v) is 8.20. The molecule has 156 valence electrons. The maximum Gasteiger partial charge on any atom is 0.228 e. The Morgan fingerprint density at radius 1 is 1.23 bits per heavy atom. The fraction of sp³-hybridized carbons (Fsp3) is 0.455. The molecule has 1 N–H and O–H groups in total. The van der Waals surface area contributed by atoms with Gasteiger partial charge in [-0.3, -0.25) is 9.69 Å². The van der Waals surface area contributed by atoms with Crippen LogP contribution in [0.5, 0.6) is 0 Å². The van der Waals surface area contributed by atoms with Gasteiger partial charge in [0.15, 0.2) is 11.7 Å². The van der Waals surface area contributed by atoms with Crippen LogP contribution in [-0.2, 0) is 4.79 Å². The first-order valence-electron chi connectivity index (χ1n) is 10.4. The summed E-state index contributed by atoms with van der Waals surface area (Å²) in [5, 5.41) is 3.83. The molecule has 0 radical (unpaired) electrons. The first-order chi connectivity index (χ1) is 14.6. The van der Waals surface area contributed by atoms with Crippen LogP contribution < -0.4 is 5.32 Å². The van der Waals surface area contributed by atoms with E-state index in [0.29, 0.717) is 29.2 Å². The quantitative estimate of drug-likeness (QED) is 0.646. The molecule has 1 saturated heterocycles. The van der Waals surface area contributed by atoms with Crippen LogP contribution in [0.3, 0.4) is 0 Å². The highest BCUT2D eigenvalue weighted by molar-refractivity contribution is 5.93. The minimum Gasteiger partial charge on any atom is -0.439 e. The van der Waals surface area contributed by atoms with Crippen LogP contribution in [0.15, 0.2) is 35.0 Å². The second-order valence-electron chi connectivity index (χ2n) is 8.20. The summed E-state index contributed by atoms with van der Waals surface area (Å²) in [7, 11) is 0. The first kappa shape index (κ1) is 19.1. The molecule has 3 aromatic rings. The Hall–Kier alpha value is -2.87. The normalized spacial score (nSPS) is 25.9. The van der Waals surface area contributed by atoms with Crippen LogP contribution in [-0.4, -0.2) is 51.1 Å². The smallest absolute Gasteiger partial charge is 0.228 e. The average Bonchev–Trinajstić information content (AvgIpc) is 3.44. The highest BCUT2D eigenvalue weighted by Crippen LogP contribution is 2.34. The summed E-state index contributed by atoms with van der Waals surface area (Å²) in [6.45, 7) is 2.39. The summed E-state index contributed by atoms with van der Waals surface area (Å²) < 4.78 is 18.3. The number of fused-ring (bicyclic) bond motifs is 1. The maximum absolute atomic E-state index is 12.7. The summed E-state index contributed by atoms with van der Waals surface area (Å²) in [5.74, 6) is 1.66. The lowest BCUT2D eigenvalue weighted by molar-refractivity contribution is -0.121. The SMILES string of the molecule is Cc1ncc(-c2ccc3cnc(NC(=O)[C@H]4CC[C@H](N5CC5CF)CC4)cc3n2)o1. The lowest BCUT2D eigenvalue weighted by Crippen LogP contribution is -2.32. The predicted octanol–water partition coefficient (Wildman–Crippen LogP) is 3.74. The van der Waals surface area contributed by atoms with Crippen LogP contribution in [0.4, 0.5) is 10.2 Å². The highest BCUT2D eigenvalue weighted by Gasteiger charge is 2.41. The molecule has 5 rings (SSSR count). The van der Waals surface area contributed by atoms with Gasteiger partial charge in [-0.15, -0.1) is 0 Å². The number of amides is 1. The summed E-state index contributed by atoms with van der Waals surface area (Å²) >= 11 is 0. The van der Waals surface area contributed by atoms with Crippen molar-refractivity contribution < 1.29 is 13.6 Å². The number of alkyl halides is 1. The van der Waals surface area contributed by atoms with Crippen LogP contribution in [0.2, 0.25) is 0 Å². The third kappa shape index (κ3) is 3.79. The lowest BCUT2D eigenvalue weighted by Gasteiger charge is -2.28. The van der Waals surface area contributed by atoms with Crippen LogP contribution >= 0.6 is 0 Å². The number of carbonyl (C=O) groups is 1. The van der Waals surface area contributed by atoms with E-state index < -0.39 is 0 Å². The third-order valence-electron chi connectivity index (χ3n) is 6.17. The topological polar surface area (TPSA) is 83.9 Å². The van der Waals surface area contributed by atoms with Crippen molar-refractivity contribution in [2.75, 3.05) is 18.5 Å². The monoisotopic (exact) mass is 409 g/mol. The fourth-order valence-corrected chi connectivity index (χ4v) is 4.38. The van der Waals surface area contributed by atoms with Crippen LogP contribution in [0, 0.1) is 12.8 Å². The Bertz CT molecular complexity index is 1080. The average molecular weight is 409 g/mol. The third-order valence-corrected chi connectivity index (χ3v) is 6.17. The molecule has 2 unspecified atom stereocenters. The van der Waals surface area contributed by atoms with Gasteiger partial charge in [0.2, 0.25) is 5.91 Å². The standard InChI is InChI=1S/C22H24FN5O2/c1-13-24-11-20(30-13)18-7-4-15-10-25-21(8-19(15)26-18)27-22(29)14-2-5-16(6-3-14)28-12-17(28)9-23/h4,7-8,10-11,14,16-17H,2-3,5-6,9,12H2,1H3,(H,25,27,29)/t14-,16-,17?,28?. The Kier molecular flexibility index (Phi) is 4.94. The number of pyridine rings is 2. The van der Waals surface area contributed by atoms with Crippen LogP contribution in [0.25, 0.3) is 22.4 Å². The number of carbonyl (C=O) groups excluding carboxylic acids is 1. The Labute approximate surface area is 173 Å². The first-order valence-corrected chi connectivity index (χ1v) is 10.4. The number of halogens is 1. The molecule has 0 aromatic carbocycles. The van der Waals surface area contributed by atoms with E-state index in [4.69, 9.17) is 4.42 Å². The van der Waals surface area contributed by atoms with E-state index in [0.717, 1.165) is 43.1 Å². The number of hydrogen-bond acceptors (Lipinski definition) is 6. The number of anilines is 1. The van der Waals surface area contributed by atoms with Crippen molar-refractivity contribution in [3.8, 4) is 11.5 Å². The van der Waals surface area contributed by atoms with Crippen LogP contribution in [0.1, 0.15) is 31.6 Å². The van der Waals surface area contributed by atoms with Gasteiger partial charge in [-0.05, 0) is 37.8 Å². The molecular weight excluding hydrogens is 385 g/mol. The summed E-state index contributed by atoms with van der Waals surface area (Å²) in [6.07, 6.45) is 6.90. The van der Waals surface area contributed by atoms with Crippen molar-refractivity contribution >= 4 is 22.6 Å². The predicted molar refractivity (Wildman–Crippen MR) is 111 cm³/mol. The fourth-order valence-electron chi connectivity index (χ4n) is 4.38. The second kappa shape index (κ2) is 7.75. The van der Waals surface area contributed by atoms with Crippen molar-refractivity contribution in [2.45, 2.75) is 44.7 Å². The van der Waals surface area contributed by atoms with Gasteiger partial charge in [-0.1, -0.05) is 0 Å². The number of nitrogens with one attached hydrogen (secondary N) is 1. The molecule has 0 spiro atoms. The number of aromatic nitrogens is 3. The molecule has 7 nitrogen and oxygen atoms in total. The van der Waals surface area contributed by atoms with Crippen molar-refractivity contribution in [1.82, 2.24) is 19.9 Å². The van der Waals surface area contributed by atoms with E-state index in [1.807, 2.05) is 12.1 Å². The maximum atomic E-state index is 12.7. The Balaban J connectivity index is 1.25. The highest BCUT2D eigenvalue weighted by atomic mass is 19.1. The zero-order chi connectivity index (χ0) is 20.7. The van der Waals surface area contributed by atoms with E-state index in [2.05, 4.69) is 25.2 Å². The number of hydrogen-bond donors (Lipinski definition) is 1. The molecule has 1 saturated carbocycles. The molecule has 1 amide bonds. The minimum atomic E-state index is -0.264. The molecule has 1 aliphatic heterocycles. The molecule has 2 aliphatic rings. The molecule has 1 aliphatic carbocycles. The van der Waals surface area contributed by atoms with E-state index in [1.54, 1.807) is 25.4 Å². The van der Waals surface area contributed by atoms with Crippen molar-refractivity contribution in [3.05, 3.63) is 36.5 Å². The molecule has 0 bridgehead atoms. The molecule has 4 heterocycles. The van der Waals surface area contributed by atoms with Gasteiger partial charge < -0.3 is 9.73 Å². The van der Waals surface area contributed by atoms with E-state index in [1.165, 1.54) is 0 Å². The number of rotatable bonds is 5. The lowest BCUT2D eigenvalue weighted by atomic mass is 9.85. The molecular formula is C22H24FN5O2. The molecule has 2 fully saturated rings. The van der Waals surface area contributed by atoms with E-state index in [-0.39, 0.29) is 24.5 Å². The van der Waals surface area contributed by atoms with Gasteiger partial charge >= 0.3 is 0 Å². The number of aryl methyl sites for hydroxylation is 1. The summed E-state index contributed by atoms with van der Waals surface area (Å²) in [6, 6.07) is 6.11. The van der Waals surface area contributed by atoms with Gasteiger partial charge in [0.25, 0.3) is 0 Å². The van der Waals surface area contributed by atoms with E-state index in [9.17, 15) is 9.18 Å². The number of oxazole rings is 1. The van der Waals surface area contributed by atoms with Gasteiger partial charge in [0.1, 0.15) is 18.2 Å². The summed E-state index contributed by atoms with van der Waals surface area (Å²) in [4.78, 5) is 28.1. The molecule has 8 heteroatoms.